The van der Waals surface area contributed by atoms with Crippen LogP contribution in [0.25, 0.3) is 6.08 Å². The van der Waals surface area contributed by atoms with Crippen molar-refractivity contribution in [2.45, 2.75) is 0 Å². The first-order chi connectivity index (χ1) is 12.7. The average molecular weight is 525 g/mol. The van der Waals surface area contributed by atoms with Crippen LogP contribution in [-0.4, -0.2) is 15.2 Å². The lowest BCUT2D eigenvalue weighted by molar-refractivity contribution is -0.384. The normalized spacial score (nSPS) is 15.7. The third-order valence-corrected chi connectivity index (χ3v) is 6.67. The molecule has 0 unspecified atom stereocenters. The average Bonchev–Trinajstić information content (AvgIpc) is 2.86. The highest BCUT2D eigenvalue weighted by Gasteiger charge is 2.34. The molecule has 0 spiro atoms. The molecule has 138 valence electrons. The zero-order chi connectivity index (χ0) is 19.9. The summed E-state index contributed by atoms with van der Waals surface area (Å²) in [7, 11) is 0. The van der Waals surface area contributed by atoms with Crippen LogP contribution in [-0.2, 0) is 4.79 Å². The first-order valence-electron chi connectivity index (χ1n) is 7.05. The Morgan fingerprint density at radius 3 is 2.48 bits per heavy atom. The number of nitro benzene ring substituents is 1. The Hall–Kier alpha value is -1.16. The Labute approximate surface area is 186 Å². The molecular weight excluding hydrogens is 519 g/mol. The van der Waals surface area contributed by atoms with E-state index < -0.39 is 4.92 Å². The molecule has 0 bridgehead atoms. The van der Waals surface area contributed by atoms with Crippen LogP contribution in [0.15, 0.2) is 39.7 Å². The van der Waals surface area contributed by atoms with Crippen molar-refractivity contribution in [3.8, 4) is 0 Å². The molecular formula is C16H6BrCl3N2O3S2. The fourth-order valence-corrected chi connectivity index (χ4v) is 4.48. The minimum Gasteiger partial charge on any atom is -0.268 e. The Kier molecular flexibility index (Phi) is 6.14. The highest BCUT2D eigenvalue weighted by Crippen LogP contribution is 2.39. The van der Waals surface area contributed by atoms with Gasteiger partial charge in [-0.15, -0.1) is 0 Å². The Morgan fingerprint density at radius 2 is 1.85 bits per heavy atom. The summed E-state index contributed by atoms with van der Waals surface area (Å²) < 4.78 is 0.998. The van der Waals surface area contributed by atoms with Gasteiger partial charge in [0.25, 0.3) is 11.6 Å². The number of hydrogen-bond donors (Lipinski definition) is 0. The van der Waals surface area contributed by atoms with Crippen LogP contribution in [0.3, 0.4) is 0 Å². The molecule has 0 radical (unpaired) electrons. The lowest BCUT2D eigenvalue weighted by Gasteiger charge is -2.15. The molecule has 5 nitrogen and oxygen atoms in total. The lowest BCUT2D eigenvalue weighted by atomic mass is 10.1. The molecule has 1 aliphatic rings. The van der Waals surface area contributed by atoms with Crippen LogP contribution in [0.1, 0.15) is 5.56 Å². The zero-order valence-corrected chi connectivity index (χ0v) is 18.4. The molecule has 1 fully saturated rings. The molecule has 1 heterocycles. The molecule has 2 aromatic carbocycles. The van der Waals surface area contributed by atoms with Crippen molar-refractivity contribution in [2.75, 3.05) is 4.90 Å². The van der Waals surface area contributed by atoms with E-state index >= 15 is 0 Å². The second-order valence-corrected chi connectivity index (χ2v) is 8.95. The maximum absolute atomic E-state index is 12.8. The SMILES string of the molecule is O=C1/C(=C/c2cc([N+](=O)[O-])c(Cl)cc2Cl)SC(=S)N1c1ccc(Br)c(Cl)c1. The smallest absolute Gasteiger partial charge is 0.268 e. The maximum atomic E-state index is 12.8. The van der Waals surface area contributed by atoms with Gasteiger partial charge in [-0.2, -0.15) is 0 Å². The van der Waals surface area contributed by atoms with Crippen molar-refractivity contribution in [2.24, 2.45) is 0 Å². The quantitative estimate of drug-likeness (QED) is 0.193. The number of anilines is 1. The van der Waals surface area contributed by atoms with Crippen LogP contribution in [0.5, 0.6) is 0 Å². The number of nitrogens with zero attached hydrogens (tertiary/aromatic N) is 2. The first-order valence-corrected chi connectivity index (χ1v) is 10.2. The van der Waals surface area contributed by atoms with Gasteiger partial charge >= 0.3 is 0 Å². The van der Waals surface area contributed by atoms with Crippen molar-refractivity contribution >= 4 is 102 Å². The molecule has 1 saturated heterocycles. The molecule has 11 heteroatoms. The van der Waals surface area contributed by atoms with Crippen molar-refractivity contribution < 1.29 is 9.72 Å². The summed E-state index contributed by atoms with van der Waals surface area (Å²) in [5, 5.41) is 11.6. The van der Waals surface area contributed by atoms with Crippen molar-refractivity contribution in [1.82, 2.24) is 0 Å². The van der Waals surface area contributed by atoms with Crippen molar-refractivity contribution in [3.63, 3.8) is 0 Å². The lowest BCUT2D eigenvalue weighted by Crippen LogP contribution is -2.27. The number of hydrogen-bond acceptors (Lipinski definition) is 5. The highest BCUT2D eigenvalue weighted by molar-refractivity contribution is 9.10. The predicted molar refractivity (Wildman–Crippen MR) is 118 cm³/mol. The van der Waals surface area contributed by atoms with E-state index in [4.69, 9.17) is 47.0 Å². The van der Waals surface area contributed by atoms with Gasteiger partial charge in [-0.1, -0.05) is 58.8 Å². The van der Waals surface area contributed by atoms with Crippen LogP contribution in [0.2, 0.25) is 15.1 Å². The summed E-state index contributed by atoms with van der Waals surface area (Å²) in [6, 6.07) is 7.50. The Morgan fingerprint density at radius 1 is 1.15 bits per heavy atom. The van der Waals surface area contributed by atoms with E-state index in [0.717, 1.165) is 11.8 Å². The number of nitro groups is 1. The molecule has 0 N–H and O–H groups in total. The van der Waals surface area contributed by atoms with Gasteiger partial charge < -0.3 is 0 Å². The molecule has 0 saturated carbocycles. The molecule has 0 aliphatic carbocycles. The van der Waals surface area contributed by atoms with E-state index in [1.54, 1.807) is 18.2 Å². The van der Waals surface area contributed by atoms with Gasteiger partial charge in [0.2, 0.25) is 0 Å². The highest BCUT2D eigenvalue weighted by atomic mass is 79.9. The fourth-order valence-electron chi connectivity index (χ4n) is 2.26. The molecule has 3 rings (SSSR count). The topological polar surface area (TPSA) is 63.4 Å². The Bertz CT molecular complexity index is 1050. The molecule has 1 amide bonds. The van der Waals surface area contributed by atoms with Gasteiger partial charge in [0, 0.05) is 21.1 Å². The van der Waals surface area contributed by atoms with Crippen LogP contribution < -0.4 is 4.90 Å². The maximum Gasteiger partial charge on any atom is 0.288 e. The predicted octanol–water partition coefficient (Wildman–Crippen LogP) is 6.72. The summed E-state index contributed by atoms with van der Waals surface area (Å²) in [5.41, 5.74) is 0.506. The second-order valence-electron chi connectivity index (χ2n) is 5.20. The number of amides is 1. The molecule has 0 aromatic heterocycles. The van der Waals surface area contributed by atoms with Gasteiger partial charge in [-0.05, 0) is 46.3 Å². The summed E-state index contributed by atoms with van der Waals surface area (Å²) in [6.45, 7) is 0. The largest absolute Gasteiger partial charge is 0.288 e. The number of thioether (sulfide) groups is 1. The van der Waals surface area contributed by atoms with Crippen LogP contribution in [0.4, 0.5) is 11.4 Å². The molecule has 1 aliphatic heterocycles. The third-order valence-electron chi connectivity index (χ3n) is 3.50. The third kappa shape index (κ3) is 4.16. The number of carbonyl (C=O) groups excluding carboxylic acids is 1. The van der Waals surface area contributed by atoms with Gasteiger partial charge in [-0.25, -0.2) is 0 Å². The summed E-state index contributed by atoms with van der Waals surface area (Å²) in [4.78, 5) is 24.9. The van der Waals surface area contributed by atoms with E-state index in [9.17, 15) is 14.9 Å². The van der Waals surface area contributed by atoms with E-state index in [1.807, 2.05) is 0 Å². The number of carbonyl (C=O) groups is 1. The second kappa shape index (κ2) is 8.06. The monoisotopic (exact) mass is 522 g/mol. The van der Waals surface area contributed by atoms with Crippen LogP contribution >= 0.6 is 74.7 Å². The summed E-state index contributed by atoms with van der Waals surface area (Å²) in [6.07, 6.45) is 1.45. The standard InChI is InChI=1S/C16H6BrCl3N2O3S2/c17-9-2-1-8(5-11(9)19)21-15(23)14(27-16(21)26)4-7-3-13(22(24)25)12(20)6-10(7)18/h1-6H/b14-4-. The van der Waals surface area contributed by atoms with Gasteiger partial charge in [0.1, 0.15) is 5.02 Å². The van der Waals surface area contributed by atoms with Crippen LogP contribution in [0, 0.1) is 10.1 Å². The van der Waals surface area contributed by atoms with Crippen molar-refractivity contribution in [1.29, 1.82) is 0 Å². The van der Waals surface area contributed by atoms with E-state index in [2.05, 4.69) is 15.9 Å². The van der Waals surface area contributed by atoms with Crippen molar-refractivity contribution in [3.05, 3.63) is 70.5 Å². The number of rotatable bonds is 3. The van der Waals surface area contributed by atoms with E-state index in [-0.39, 0.29) is 26.5 Å². The van der Waals surface area contributed by atoms with Gasteiger partial charge in [-0.3, -0.25) is 19.8 Å². The molecule has 0 atom stereocenters. The fraction of sp³-hybridized carbons (Fsp3) is 0. The molecule has 27 heavy (non-hydrogen) atoms. The summed E-state index contributed by atoms with van der Waals surface area (Å²) >= 11 is 27.7. The van der Waals surface area contributed by atoms with Gasteiger partial charge in [0.15, 0.2) is 4.32 Å². The number of benzene rings is 2. The first kappa shape index (κ1) is 20.6. The van der Waals surface area contributed by atoms with E-state index in [1.165, 1.54) is 23.1 Å². The Balaban J connectivity index is 2.01. The minimum absolute atomic E-state index is 0.0841. The number of halogens is 4. The minimum atomic E-state index is -0.620. The zero-order valence-electron chi connectivity index (χ0n) is 12.9. The summed E-state index contributed by atoms with van der Waals surface area (Å²) in [5.74, 6) is -0.378. The van der Waals surface area contributed by atoms with E-state index in [0.29, 0.717) is 25.1 Å². The number of thiocarbonyl (C=S) groups is 1. The molecule has 2 aromatic rings. The van der Waals surface area contributed by atoms with Gasteiger partial charge in [0.05, 0.1) is 20.5 Å².